The van der Waals surface area contributed by atoms with Crippen molar-refractivity contribution in [2.75, 3.05) is 0 Å². The predicted octanol–water partition coefficient (Wildman–Crippen LogP) is 1.28. The van der Waals surface area contributed by atoms with Gasteiger partial charge in [-0.25, -0.2) is 9.97 Å². The molecule has 1 aliphatic rings. The minimum atomic E-state index is -0.0237. The Labute approximate surface area is 104 Å². The molecule has 0 bridgehead atoms. The molecule has 2 aromatic heterocycles. The van der Waals surface area contributed by atoms with Crippen molar-refractivity contribution in [3.05, 3.63) is 40.7 Å². The number of hydrogen-bond donors (Lipinski definition) is 1. The van der Waals surface area contributed by atoms with E-state index in [0.29, 0.717) is 23.4 Å². The summed E-state index contributed by atoms with van der Waals surface area (Å²) in [5, 5.41) is 0.569. The van der Waals surface area contributed by atoms with Gasteiger partial charge in [0.2, 0.25) is 0 Å². The smallest absolute Gasteiger partial charge is 0.263 e. The summed E-state index contributed by atoms with van der Waals surface area (Å²) in [6.45, 7) is 0.698. The Kier molecular flexibility index (Phi) is 2.59. The molecule has 0 aromatic carbocycles. The molecule has 0 aliphatic carbocycles. The highest BCUT2D eigenvalue weighted by molar-refractivity contribution is 5.75. The van der Waals surface area contributed by atoms with E-state index in [1.165, 1.54) is 0 Å². The summed E-state index contributed by atoms with van der Waals surface area (Å²) in [5.41, 5.74) is 7.04. The second-order valence-corrected chi connectivity index (χ2v) is 4.42. The normalized spacial score (nSPS) is 17.7. The minimum Gasteiger partial charge on any atom is -0.404 e. The summed E-state index contributed by atoms with van der Waals surface area (Å²) in [6, 6.07) is 3.52. The number of aromatic nitrogens is 3. The summed E-state index contributed by atoms with van der Waals surface area (Å²) in [4.78, 5) is 21.1. The van der Waals surface area contributed by atoms with Gasteiger partial charge in [0.25, 0.3) is 5.56 Å². The number of allylic oxidation sites excluding steroid dienone is 1. The summed E-state index contributed by atoms with van der Waals surface area (Å²) in [6.07, 6.45) is 6.06. The van der Waals surface area contributed by atoms with Gasteiger partial charge in [-0.3, -0.25) is 9.36 Å². The first-order chi connectivity index (χ1) is 8.81. The van der Waals surface area contributed by atoms with Gasteiger partial charge in [-0.05, 0) is 31.4 Å². The van der Waals surface area contributed by atoms with Gasteiger partial charge in [-0.2, -0.15) is 0 Å². The van der Waals surface area contributed by atoms with Crippen molar-refractivity contribution in [1.82, 2.24) is 14.5 Å². The zero-order valence-corrected chi connectivity index (χ0v) is 9.97. The maximum absolute atomic E-state index is 12.4. The zero-order valence-electron chi connectivity index (χ0n) is 9.97. The lowest BCUT2D eigenvalue weighted by Gasteiger charge is -2.10. The highest BCUT2D eigenvalue weighted by Crippen LogP contribution is 2.22. The Bertz CT molecular complexity index is 687. The Balaban J connectivity index is 2.39. The Morgan fingerprint density at radius 1 is 1.39 bits per heavy atom. The molecule has 0 atom stereocenters. The van der Waals surface area contributed by atoms with Crippen molar-refractivity contribution in [1.29, 1.82) is 0 Å². The molecule has 2 aromatic rings. The summed E-state index contributed by atoms with van der Waals surface area (Å²) in [7, 11) is 0. The van der Waals surface area contributed by atoms with Crippen LogP contribution in [-0.4, -0.2) is 14.5 Å². The lowest BCUT2D eigenvalue weighted by Crippen LogP contribution is -2.24. The third-order valence-electron chi connectivity index (χ3n) is 3.30. The molecule has 5 nitrogen and oxygen atoms in total. The van der Waals surface area contributed by atoms with Crippen LogP contribution in [0.1, 0.15) is 25.1 Å². The molecule has 0 saturated heterocycles. The average Bonchev–Trinajstić information content (AvgIpc) is 2.61. The van der Waals surface area contributed by atoms with Crippen molar-refractivity contribution in [3.63, 3.8) is 0 Å². The Morgan fingerprint density at radius 3 is 3.11 bits per heavy atom. The molecule has 2 N–H and O–H groups in total. The van der Waals surface area contributed by atoms with Gasteiger partial charge in [0.1, 0.15) is 5.82 Å². The molecule has 0 fully saturated rings. The quantitative estimate of drug-likeness (QED) is 0.755. The molecule has 0 amide bonds. The first kappa shape index (κ1) is 11.0. The molecular weight excluding hydrogens is 228 g/mol. The van der Waals surface area contributed by atoms with E-state index in [4.69, 9.17) is 5.73 Å². The van der Waals surface area contributed by atoms with Crippen LogP contribution in [0.2, 0.25) is 0 Å². The lowest BCUT2D eigenvalue weighted by molar-refractivity contribution is 0.613. The van der Waals surface area contributed by atoms with Crippen molar-refractivity contribution in [2.45, 2.75) is 25.8 Å². The number of nitrogens with two attached hydrogens (primary N) is 1. The highest BCUT2D eigenvalue weighted by Gasteiger charge is 2.17. The van der Waals surface area contributed by atoms with Crippen LogP contribution in [0.15, 0.2) is 29.3 Å². The van der Waals surface area contributed by atoms with E-state index >= 15 is 0 Å². The molecular formula is C13H14N4O. The van der Waals surface area contributed by atoms with E-state index in [2.05, 4.69) is 9.97 Å². The monoisotopic (exact) mass is 242 g/mol. The minimum absolute atomic E-state index is 0.0237. The van der Waals surface area contributed by atoms with Crippen LogP contribution in [0.3, 0.4) is 0 Å². The fourth-order valence-electron chi connectivity index (χ4n) is 2.36. The van der Waals surface area contributed by atoms with Crippen LogP contribution in [0.25, 0.3) is 16.6 Å². The fraction of sp³-hybridized carbons (Fsp3) is 0.308. The SMILES string of the molecule is N/C=C1\CCCCn2c1nc1ncccc1c2=O. The van der Waals surface area contributed by atoms with Crippen LogP contribution in [-0.2, 0) is 6.54 Å². The lowest BCUT2D eigenvalue weighted by atomic mass is 10.1. The van der Waals surface area contributed by atoms with Crippen molar-refractivity contribution in [2.24, 2.45) is 5.73 Å². The molecule has 0 radical (unpaired) electrons. The molecule has 1 aliphatic heterocycles. The number of rotatable bonds is 0. The highest BCUT2D eigenvalue weighted by atomic mass is 16.1. The van der Waals surface area contributed by atoms with Gasteiger partial charge in [-0.15, -0.1) is 0 Å². The van der Waals surface area contributed by atoms with Crippen LogP contribution >= 0.6 is 0 Å². The van der Waals surface area contributed by atoms with Crippen molar-refractivity contribution in [3.8, 4) is 0 Å². The van der Waals surface area contributed by atoms with Crippen LogP contribution in [0.4, 0.5) is 0 Å². The maximum Gasteiger partial charge on any atom is 0.263 e. The molecule has 0 unspecified atom stereocenters. The average molecular weight is 242 g/mol. The van der Waals surface area contributed by atoms with E-state index in [1.54, 1.807) is 29.1 Å². The molecule has 3 heterocycles. The number of nitrogens with zero attached hydrogens (tertiary/aromatic N) is 3. The summed E-state index contributed by atoms with van der Waals surface area (Å²) >= 11 is 0. The molecule has 0 saturated carbocycles. The fourth-order valence-corrected chi connectivity index (χ4v) is 2.36. The van der Waals surface area contributed by atoms with Gasteiger partial charge in [-0.1, -0.05) is 0 Å². The maximum atomic E-state index is 12.4. The topological polar surface area (TPSA) is 73.8 Å². The molecule has 3 rings (SSSR count). The standard InChI is InChI=1S/C13H14N4O/c14-8-9-4-1-2-7-17-12(9)16-11-10(13(17)18)5-3-6-15-11/h3,5-6,8H,1-2,4,7,14H2/b9-8+. The predicted molar refractivity (Wildman–Crippen MR) is 69.8 cm³/mol. The number of pyridine rings is 1. The Morgan fingerprint density at radius 2 is 2.28 bits per heavy atom. The van der Waals surface area contributed by atoms with Crippen LogP contribution in [0, 0.1) is 0 Å². The summed E-state index contributed by atoms with van der Waals surface area (Å²) in [5.74, 6) is 0.672. The van der Waals surface area contributed by atoms with E-state index in [9.17, 15) is 4.79 Å². The van der Waals surface area contributed by atoms with E-state index in [-0.39, 0.29) is 5.56 Å². The van der Waals surface area contributed by atoms with Crippen LogP contribution < -0.4 is 11.3 Å². The second kappa shape index (κ2) is 4.25. The molecule has 18 heavy (non-hydrogen) atoms. The van der Waals surface area contributed by atoms with Gasteiger partial charge >= 0.3 is 0 Å². The van der Waals surface area contributed by atoms with E-state index < -0.39 is 0 Å². The van der Waals surface area contributed by atoms with E-state index in [0.717, 1.165) is 24.8 Å². The third kappa shape index (κ3) is 1.59. The van der Waals surface area contributed by atoms with Gasteiger partial charge in [0.05, 0.1) is 5.39 Å². The molecule has 0 spiro atoms. The zero-order chi connectivity index (χ0) is 12.5. The Hall–Kier alpha value is -2.17. The van der Waals surface area contributed by atoms with Gasteiger partial charge in [0, 0.05) is 24.5 Å². The first-order valence-corrected chi connectivity index (χ1v) is 6.08. The van der Waals surface area contributed by atoms with Gasteiger partial charge < -0.3 is 5.73 Å². The number of hydrogen-bond acceptors (Lipinski definition) is 4. The largest absolute Gasteiger partial charge is 0.404 e. The molecule has 92 valence electrons. The third-order valence-corrected chi connectivity index (χ3v) is 3.30. The van der Waals surface area contributed by atoms with E-state index in [1.807, 2.05) is 0 Å². The number of fused-ring (bicyclic) bond motifs is 2. The summed E-state index contributed by atoms with van der Waals surface area (Å²) < 4.78 is 1.72. The van der Waals surface area contributed by atoms with Crippen molar-refractivity contribution < 1.29 is 0 Å². The first-order valence-electron chi connectivity index (χ1n) is 6.08. The van der Waals surface area contributed by atoms with Gasteiger partial charge in [0.15, 0.2) is 5.65 Å². The van der Waals surface area contributed by atoms with Crippen molar-refractivity contribution >= 4 is 16.6 Å². The van der Waals surface area contributed by atoms with Crippen LogP contribution in [0.5, 0.6) is 0 Å². The second-order valence-electron chi connectivity index (χ2n) is 4.42. The molecule has 5 heteroatoms.